The molecule has 340 valence electrons. The lowest BCUT2D eigenvalue weighted by Gasteiger charge is -2.35. The van der Waals surface area contributed by atoms with Crippen LogP contribution < -0.4 is 16.0 Å². The number of ether oxygens (including phenoxy) is 3. The van der Waals surface area contributed by atoms with Gasteiger partial charge in [-0.2, -0.15) is 17.6 Å². The van der Waals surface area contributed by atoms with Crippen LogP contribution in [-0.2, 0) is 35.6 Å². The molecule has 1 aliphatic carbocycles. The molecule has 1 aromatic heterocycles. The zero-order valence-electron chi connectivity index (χ0n) is 36.2. The van der Waals surface area contributed by atoms with Crippen LogP contribution in [0.3, 0.4) is 0 Å². The molecular weight excluding hydrogens is 827 g/mol. The van der Waals surface area contributed by atoms with E-state index in [1.165, 1.54) is 32.5 Å². The maximum absolute atomic E-state index is 16.2. The molecule has 2 saturated heterocycles. The van der Waals surface area contributed by atoms with Gasteiger partial charge in [-0.15, -0.1) is 0 Å². The summed E-state index contributed by atoms with van der Waals surface area (Å²) in [5.41, 5.74) is -0.101. The Morgan fingerprint density at radius 2 is 1.40 bits per heavy atom. The number of likely N-dealkylation sites (tertiary alicyclic amines) is 2. The van der Waals surface area contributed by atoms with E-state index in [1.807, 2.05) is 13.8 Å². The number of nitrogens with one attached hydrogen (secondary N) is 4. The van der Waals surface area contributed by atoms with Crippen molar-refractivity contribution in [1.29, 1.82) is 0 Å². The summed E-state index contributed by atoms with van der Waals surface area (Å²) in [4.78, 5) is 62.8. The molecule has 5 atom stereocenters. The van der Waals surface area contributed by atoms with E-state index >= 15 is 17.6 Å². The van der Waals surface area contributed by atoms with Crippen LogP contribution in [0.15, 0.2) is 48.8 Å². The number of rotatable bonds is 13. The number of methoxy groups -OCH3 is 2. The lowest BCUT2D eigenvalue weighted by atomic mass is 9.78. The molecule has 0 spiro atoms. The maximum Gasteiger partial charge on any atom is 0.407 e. The third-order valence-corrected chi connectivity index (χ3v) is 12.6. The maximum atomic E-state index is 16.2. The average molecular weight is 882 g/mol. The van der Waals surface area contributed by atoms with Crippen molar-refractivity contribution in [3.05, 3.63) is 71.3 Å². The number of alkyl carbamates (subject to hydrolysis) is 2. The Morgan fingerprint density at radius 3 is 2.03 bits per heavy atom. The summed E-state index contributed by atoms with van der Waals surface area (Å²) in [6.45, 7) is 8.39. The van der Waals surface area contributed by atoms with Gasteiger partial charge in [-0.05, 0) is 78.3 Å². The van der Waals surface area contributed by atoms with Crippen LogP contribution in [0.4, 0.5) is 27.2 Å². The summed E-state index contributed by atoms with van der Waals surface area (Å²) in [5, 5.41) is 8.59. The first kappa shape index (κ1) is 45.4. The highest BCUT2D eigenvalue weighted by atomic mass is 19.3. The van der Waals surface area contributed by atoms with Gasteiger partial charge < -0.3 is 44.9 Å². The summed E-state index contributed by atoms with van der Waals surface area (Å²) in [5.74, 6) is -9.79. The van der Waals surface area contributed by atoms with Crippen LogP contribution in [0.1, 0.15) is 88.4 Å². The van der Waals surface area contributed by atoms with Gasteiger partial charge in [-0.1, -0.05) is 52.0 Å². The first-order chi connectivity index (χ1) is 30.0. The summed E-state index contributed by atoms with van der Waals surface area (Å²) in [6.07, 6.45) is 4.66. The summed E-state index contributed by atoms with van der Waals surface area (Å²) < 4.78 is 79.6. The van der Waals surface area contributed by atoms with Gasteiger partial charge in [0.05, 0.1) is 43.7 Å². The number of amides is 4. The number of benzene rings is 2. The van der Waals surface area contributed by atoms with Crippen LogP contribution in [0.2, 0.25) is 0 Å². The van der Waals surface area contributed by atoms with Crippen LogP contribution >= 0.6 is 0 Å². The molecule has 18 heteroatoms. The zero-order chi connectivity index (χ0) is 45.4. The fourth-order valence-corrected chi connectivity index (χ4v) is 9.20. The Balaban J connectivity index is 1.08. The molecule has 2 fully saturated rings. The molecule has 7 rings (SSSR count). The SMILES string of the molecule is COCCOC(=O)N[C@H](C(=O)N1CCC[C@H]1C1CC(c2ccc3c(c2)C(F)(F)C(F)(F)c2cc(-c4cnc([C@@H]5CCCN5C(=O)[C@@H](NC(=O)OC)C(C)C)[nH]4)ccc2-3)=CN1)C(C)C. The number of aromatic nitrogens is 2. The van der Waals surface area contributed by atoms with Gasteiger partial charge in [0.2, 0.25) is 11.8 Å². The van der Waals surface area contributed by atoms with E-state index in [2.05, 4.69) is 25.9 Å². The number of H-pyrrole nitrogens is 1. The Morgan fingerprint density at radius 1 is 0.810 bits per heavy atom. The predicted octanol–water partition coefficient (Wildman–Crippen LogP) is 7.08. The molecular formula is C45H55F4N7O7. The number of carbonyl (C=O) groups is 4. The highest BCUT2D eigenvalue weighted by Crippen LogP contribution is 2.58. The molecule has 14 nitrogen and oxygen atoms in total. The molecule has 4 amide bonds. The monoisotopic (exact) mass is 881 g/mol. The molecule has 1 unspecified atom stereocenters. The predicted molar refractivity (Wildman–Crippen MR) is 224 cm³/mol. The third kappa shape index (κ3) is 8.70. The van der Waals surface area contributed by atoms with Gasteiger partial charge >= 0.3 is 24.0 Å². The van der Waals surface area contributed by atoms with Gasteiger partial charge in [0.1, 0.15) is 24.5 Å². The standard InChI is InChI=1S/C45H55F4N7O7/c1-24(2)37(53-42(59)62-6)41(58)56-16-8-10-36(56)39-51-23-34(52-39)27-12-14-30-29-13-11-26(19-31(29)44(46,47)45(48,49)32(30)20-27)28-21-33(50-22-28)35-9-7-15-55(35)40(57)38(25(3)4)54-43(60)63-18-17-61-5/h11-14,19-20,22-25,33,35-38,50H,7-10,15-18,21H2,1-6H3,(H,51,52)(H,53,59)(H,54,60)/t33?,35-,36-,37-,38-/m0/s1. The topological polar surface area (TPSA) is 167 Å². The number of imidazole rings is 1. The van der Waals surface area contributed by atoms with Crippen molar-refractivity contribution in [2.45, 2.75) is 102 Å². The number of fused-ring (bicyclic) bond motifs is 3. The molecule has 3 aliphatic heterocycles. The molecule has 4 aliphatic rings. The van der Waals surface area contributed by atoms with Crippen molar-refractivity contribution in [2.75, 3.05) is 40.5 Å². The number of alkyl halides is 4. The first-order valence-electron chi connectivity index (χ1n) is 21.4. The fourth-order valence-electron chi connectivity index (χ4n) is 9.20. The van der Waals surface area contributed by atoms with Gasteiger partial charge in [-0.3, -0.25) is 9.59 Å². The first-order valence-corrected chi connectivity index (χ1v) is 21.4. The number of carbonyl (C=O) groups excluding carboxylic acids is 4. The van der Waals surface area contributed by atoms with Gasteiger partial charge in [0, 0.05) is 43.1 Å². The van der Waals surface area contributed by atoms with Gasteiger partial charge in [-0.25, -0.2) is 14.6 Å². The molecule has 4 heterocycles. The number of hydrogen-bond acceptors (Lipinski definition) is 9. The summed E-state index contributed by atoms with van der Waals surface area (Å²) in [7, 11) is 2.70. The van der Waals surface area contributed by atoms with E-state index in [9.17, 15) is 19.2 Å². The lowest BCUT2D eigenvalue weighted by Crippen LogP contribution is -2.55. The Kier molecular flexibility index (Phi) is 13.1. The molecule has 2 aromatic carbocycles. The average Bonchev–Trinajstić information content (AvgIpc) is 4.10. The smallest absolute Gasteiger partial charge is 0.407 e. The number of halogens is 4. The minimum atomic E-state index is -4.58. The minimum absolute atomic E-state index is 0.00875. The Bertz CT molecular complexity index is 2250. The van der Waals surface area contributed by atoms with E-state index < -0.39 is 53.3 Å². The largest absolute Gasteiger partial charge is 0.453 e. The van der Waals surface area contributed by atoms with Gasteiger partial charge in [0.25, 0.3) is 0 Å². The van der Waals surface area contributed by atoms with E-state index in [-0.39, 0.29) is 65.6 Å². The highest BCUT2D eigenvalue weighted by Gasteiger charge is 2.63. The van der Waals surface area contributed by atoms with E-state index in [1.54, 1.807) is 42.0 Å². The van der Waals surface area contributed by atoms with Crippen molar-refractivity contribution in [2.24, 2.45) is 11.8 Å². The van der Waals surface area contributed by atoms with Crippen molar-refractivity contribution in [3.8, 4) is 22.4 Å². The lowest BCUT2D eigenvalue weighted by molar-refractivity contribution is -0.225. The summed E-state index contributed by atoms with van der Waals surface area (Å²) in [6, 6.07) is 5.60. The van der Waals surface area contributed by atoms with E-state index in [0.717, 1.165) is 18.6 Å². The molecule has 0 radical (unpaired) electrons. The van der Waals surface area contributed by atoms with Gasteiger partial charge in [0.15, 0.2) is 0 Å². The van der Waals surface area contributed by atoms with Crippen LogP contribution in [0.25, 0.3) is 28.0 Å². The van der Waals surface area contributed by atoms with Crippen molar-refractivity contribution in [1.82, 2.24) is 35.7 Å². The normalized spacial score (nSPS) is 21.9. The highest BCUT2D eigenvalue weighted by molar-refractivity contribution is 5.88. The number of nitrogens with zero attached hydrogens (tertiary/aromatic N) is 3. The second kappa shape index (κ2) is 18.2. The molecule has 4 N–H and O–H groups in total. The zero-order valence-corrected chi connectivity index (χ0v) is 36.2. The Hall–Kier alpha value is -5.65. The van der Waals surface area contributed by atoms with E-state index in [0.29, 0.717) is 61.4 Å². The van der Waals surface area contributed by atoms with Crippen molar-refractivity contribution < 1.29 is 51.0 Å². The second-order valence-corrected chi connectivity index (χ2v) is 17.3. The quantitative estimate of drug-likeness (QED) is 0.104. The minimum Gasteiger partial charge on any atom is -0.453 e. The van der Waals surface area contributed by atoms with Crippen LogP contribution in [-0.4, -0.2) is 108 Å². The fraction of sp³-hybridized carbons (Fsp3) is 0.533. The Labute approximate surface area is 363 Å². The third-order valence-electron chi connectivity index (χ3n) is 12.6. The number of aromatic amines is 1. The molecule has 0 bridgehead atoms. The number of hydrogen-bond donors (Lipinski definition) is 4. The van der Waals surface area contributed by atoms with Crippen molar-refractivity contribution >= 4 is 29.6 Å². The molecule has 3 aromatic rings. The summed E-state index contributed by atoms with van der Waals surface area (Å²) >= 11 is 0. The molecule has 63 heavy (non-hydrogen) atoms. The van der Waals surface area contributed by atoms with E-state index in [4.69, 9.17) is 14.2 Å². The van der Waals surface area contributed by atoms with Crippen LogP contribution in [0, 0.1) is 11.8 Å². The second-order valence-electron chi connectivity index (χ2n) is 17.3. The van der Waals surface area contributed by atoms with Crippen molar-refractivity contribution in [3.63, 3.8) is 0 Å². The van der Waals surface area contributed by atoms with Crippen LogP contribution in [0.5, 0.6) is 0 Å². The molecule has 0 saturated carbocycles.